The third kappa shape index (κ3) is 2.61. The molecule has 1 aromatic heterocycles. The van der Waals surface area contributed by atoms with Crippen LogP contribution >= 0.6 is 15.9 Å². The van der Waals surface area contributed by atoms with Crippen molar-refractivity contribution in [3.05, 3.63) is 52.1 Å². The number of nitrogens with zero attached hydrogens (tertiary/aromatic N) is 1. The molecule has 0 saturated carbocycles. The first-order valence-electron chi connectivity index (χ1n) is 5.02. The first-order chi connectivity index (χ1) is 7.65. The van der Waals surface area contributed by atoms with E-state index in [0.29, 0.717) is 5.88 Å². The van der Waals surface area contributed by atoms with Crippen LogP contribution in [0.1, 0.15) is 11.1 Å². The van der Waals surface area contributed by atoms with Gasteiger partial charge in [-0.05, 0) is 53.0 Å². The third-order valence-electron chi connectivity index (χ3n) is 2.23. The Morgan fingerprint density at radius 2 is 2.00 bits per heavy atom. The highest BCUT2D eigenvalue weighted by Crippen LogP contribution is 2.23. The highest BCUT2D eigenvalue weighted by atomic mass is 79.9. The fourth-order valence-corrected chi connectivity index (χ4v) is 1.59. The summed E-state index contributed by atoms with van der Waals surface area (Å²) in [6.45, 7) is 4.04. The van der Waals surface area contributed by atoms with Crippen molar-refractivity contribution in [2.45, 2.75) is 13.8 Å². The second-order valence-corrected chi connectivity index (χ2v) is 4.54. The van der Waals surface area contributed by atoms with E-state index in [2.05, 4.69) is 20.9 Å². The normalized spacial score (nSPS) is 10.2. The minimum absolute atomic E-state index is 0.617. The van der Waals surface area contributed by atoms with Gasteiger partial charge in [0.05, 0.1) is 0 Å². The lowest BCUT2D eigenvalue weighted by molar-refractivity contribution is 0.462. The molecule has 0 amide bonds. The SMILES string of the molecule is Cc1cccc(Oc2cc(C)c(Br)cn2)c1. The zero-order chi connectivity index (χ0) is 11.5. The number of pyridine rings is 1. The largest absolute Gasteiger partial charge is 0.439 e. The summed E-state index contributed by atoms with van der Waals surface area (Å²) < 4.78 is 6.65. The van der Waals surface area contributed by atoms with Gasteiger partial charge in [0.1, 0.15) is 5.75 Å². The van der Waals surface area contributed by atoms with Gasteiger partial charge in [0.25, 0.3) is 0 Å². The van der Waals surface area contributed by atoms with Gasteiger partial charge in [0.2, 0.25) is 5.88 Å². The Hall–Kier alpha value is -1.35. The quantitative estimate of drug-likeness (QED) is 0.819. The van der Waals surface area contributed by atoms with Gasteiger partial charge in [0.15, 0.2) is 0 Å². The fourth-order valence-electron chi connectivity index (χ4n) is 1.37. The van der Waals surface area contributed by atoms with E-state index in [1.165, 1.54) is 5.56 Å². The minimum Gasteiger partial charge on any atom is -0.439 e. The first kappa shape index (κ1) is 11.1. The summed E-state index contributed by atoms with van der Waals surface area (Å²) >= 11 is 3.41. The van der Waals surface area contributed by atoms with Crippen molar-refractivity contribution in [2.24, 2.45) is 0 Å². The van der Waals surface area contributed by atoms with E-state index in [9.17, 15) is 0 Å². The van der Waals surface area contributed by atoms with Crippen molar-refractivity contribution in [1.82, 2.24) is 4.98 Å². The topological polar surface area (TPSA) is 22.1 Å². The fraction of sp³-hybridized carbons (Fsp3) is 0.154. The molecule has 0 fully saturated rings. The molecule has 82 valence electrons. The van der Waals surface area contributed by atoms with Gasteiger partial charge in [0, 0.05) is 16.7 Å². The number of halogens is 1. The summed E-state index contributed by atoms with van der Waals surface area (Å²) in [5.74, 6) is 1.43. The predicted octanol–water partition coefficient (Wildman–Crippen LogP) is 4.25. The number of hydrogen-bond acceptors (Lipinski definition) is 2. The van der Waals surface area contributed by atoms with Crippen molar-refractivity contribution >= 4 is 15.9 Å². The molecule has 2 rings (SSSR count). The summed E-state index contributed by atoms with van der Waals surface area (Å²) in [6.07, 6.45) is 1.75. The lowest BCUT2D eigenvalue weighted by Gasteiger charge is -2.06. The van der Waals surface area contributed by atoms with Crippen LogP contribution in [0.2, 0.25) is 0 Å². The van der Waals surface area contributed by atoms with E-state index in [1.807, 2.05) is 44.2 Å². The Labute approximate surface area is 103 Å². The van der Waals surface area contributed by atoms with Gasteiger partial charge >= 0.3 is 0 Å². The van der Waals surface area contributed by atoms with Crippen molar-refractivity contribution in [2.75, 3.05) is 0 Å². The molecule has 3 heteroatoms. The molecule has 0 spiro atoms. The molecular weight excluding hydrogens is 266 g/mol. The summed E-state index contributed by atoms with van der Waals surface area (Å²) in [7, 11) is 0. The lowest BCUT2D eigenvalue weighted by atomic mass is 10.2. The first-order valence-corrected chi connectivity index (χ1v) is 5.81. The summed E-state index contributed by atoms with van der Waals surface area (Å²) in [6, 6.07) is 9.82. The molecule has 1 aromatic carbocycles. The van der Waals surface area contributed by atoms with E-state index in [-0.39, 0.29) is 0 Å². The molecule has 0 radical (unpaired) electrons. The highest BCUT2D eigenvalue weighted by molar-refractivity contribution is 9.10. The maximum absolute atomic E-state index is 5.66. The van der Waals surface area contributed by atoms with E-state index in [4.69, 9.17) is 4.74 Å². The van der Waals surface area contributed by atoms with Crippen LogP contribution in [0, 0.1) is 13.8 Å². The number of aryl methyl sites for hydroxylation is 2. The molecule has 0 unspecified atom stereocenters. The molecule has 1 heterocycles. The van der Waals surface area contributed by atoms with Crippen LogP contribution in [0.25, 0.3) is 0 Å². The van der Waals surface area contributed by atoms with Crippen LogP contribution in [0.5, 0.6) is 11.6 Å². The molecule has 0 atom stereocenters. The molecule has 0 aliphatic rings. The predicted molar refractivity (Wildman–Crippen MR) is 67.9 cm³/mol. The minimum atomic E-state index is 0.617. The van der Waals surface area contributed by atoms with Crippen LogP contribution in [0.4, 0.5) is 0 Å². The Kier molecular flexibility index (Phi) is 3.25. The van der Waals surface area contributed by atoms with Gasteiger partial charge in [-0.3, -0.25) is 0 Å². The van der Waals surface area contributed by atoms with Gasteiger partial charge in [-0.15, -0.1) is 0 Å². The van der Waals surface area contributed by atoms with E-state index >= 15 is 0 Å². The molecule has 0 aliphatic carbocycles. The van der Waals surface area contributed by atoms with Crippen molar-refractivity contribution in [1.29, 1.82) is 0 Å². The molecule has 2 nitrogen and oxygen atoms in total. The smallest absolute Gasteiger partial charge is 0.219 e. The van der Waals surface area contributed by atoms with Gasteiger partial charge < -0.3 is 4.74 Å². The van der Waals surface area contributed by atoms with Crippen molar-refractivity contribution < 1.29 is 4.74 Å². The number of aromatic nitrogens is 1. The molecule has 0 bridgehead atoms. The second-order valence-electron chi connectivity index (χ2n) is 3.69. The molecule has 0 N–H and O–H groups in total. The molecule has 0 saturated heterocycles. The standard InChI is InChI=1S/C13H12BrNO/c1-9-4-3-5-11(6-9)16-13-7-10(2)12(14)8-15-13/h3-8H,1-2H3. The maximum Gasteiger partial charge on any atom is 0.219 e. The molecule has 2 aromatic rings. The van der Waals surface area contributed by atoms with Gasteiger partial charge in [-0.25, -0.2) is 4.98 Å². The Morgan fingerprint density at radius 1 is 1.19 bits per heavy atom. The molecular formula is C13H12BrNO. The van der Waals surface area contributed by atoms with Crippen molar-refractivity contribution in [3.8, 4) is 11.6 Å². The molecule has 0 aliphatic heterocycles. The number of ether oxygens (including phenoxy) is 1. The van der Waals surface area contributed by atoms with E-state index in [1.54, 1.807) is 6.20 Å². The van der Waals surface area contributed by atoms with Crippen molar-refractivity contribution in [3.63, 3.8) is 0 Å². The van der Waals surface area contributed by atoms with Crippen LogP contribution in [-0.2, 0) is 0 Å². The zero-order valence-corrected chi connectivity index (χ0v) is 10.8. The Balaban J connectivity index is 2.24. The van der Waals surface area contributed by atoms with E-state index < -0.39 is 0 Å². The average molecular weight is 278 g/mol. The van der Waals surface area contributed by atoms with Crippen LogP contribution in [0.15, 0.2) is 41.0 Å². The monoisotopic (exact) mass is 277 g/mol. The Bertz CT molecular complexity index is 511. The van der Waals surface area contributed by atoms with Crippen LogP contribution in [0.3, 0.4) is 0 Å². The van der Waals surface area contributed by atoms with Gasteiger partial charge in [-0.1, -0.05) is 12.1 Å². The highest BCUT2D eigenvalue weighted by Gasteiger charge is 2.01. The zero-order valence-electron chi connectivity index (χ0n) is 9.20. The molecule has 16 heavy (non-hydrogen) atoms. The lowest BCUT2D eigenvalue weighted by Crippen LogP contribution is -1.89. The van der Waals surface area contributed by atoms with E-state index in [0.717, 1.165) is 15.8 Å². The average Bonchev–Trinajstić information content (AvgIpc) is 2.24. The van der Waals surface area contributed by atoms with Crippen LogP contribution < -0.4 is 4.74 Å². The number of benzene rings is 1. The summed E-state index contributed by atoms with van der Waals surface area (Å²) in [5.41, 5.74) is 2.28. The third-order valence-corrected chi connectivity index (χ3v) is 3.06. The summed E-state index contributed by atoms with van der Waals surface area (Å²) in [5, 5.41) is 0. The second kappa shape index (κ2) is 4.66. The number of rotatable bonds is 2. The van der Waals surface area contributed by atoms with Gasteiger partial charge in [-0.2, -0.15) is 0 Å². The number of hydrogen-bond donors (Lipinski definition) is 0. The Morgan fingerprint density at radius 3 is 2.69 bits per heavy atom. The van der Waals surface area contributed by atoms with Crippen LogP contribution in [-0.4, -0.2) is 4.98 Å². The summed E-state index contributed by atoms with van der Waals surface area (Å²) in [4.78, 5) is 4.19. The maximum atomic E-state index is 5.66.